The lowest BCUT2D eigenvalue weighted by Gasteiger charge is -2.27. The summed E-state index contributed by atoms with van der Waals surface area (Å²) in [4.78, 5) is 27.6. The number of ether oxygens (including phenoxy) is 3. The van der Waals surface area contributed by atoms with E-state index in [-0.39, 0.29) is 17.7 Å². The number of benzene rings is 1. The Balaban J connectivity index is 1.95. The van der Waals surface area contributed by atoms with Crippen molar-refractivity contribution >= 4 is 11.8 Å². The molecule has 2 amide bonds. The van der Waals surface area contributed by atoms with E-state index in [1.165, 1.54) is 14.2 Å². The number of nitrogens with zero attached hydrogens (tertiary/aromatic N) is 1. The fraction of sp³-hybridized carbons (Fsp3) is 0.600. The second kappa shape index (κ2) is 10.9. The monoisotopic (exact) mass is 393 g/mol. The lowest BCUT2D eigenvalue weighted by Crippen LogP contribution is -2.51. The van der Waals surface area contributed by atoms with Crippen molar-refractivity contribution < 1.29 is 23.8 Å². The number of hydrogen-bond acceptors (Lipinski definition) is 6. The third-order valence-electron chi connectivity index (χ3n) is 4.68. The van der Waals surface area contributed by atoms with Gasteiger partial charge in [0, 0.05) is 37.8 Å². The zero-order valence-electron chi connectivity index (χ0n) is 17.1. The molecular formula is C20H31N3O5. The summed E-state index contributed by atoms with van der Waals surface area (Å²) in [5, 5.41) is 5.76. The minimum absolute atomic E-state index is 0.0557. The van der Waals surface area contributed by atoms with Crippen LogP contribution >= 0.6 is 0 Å². The van der Waals surface area contributed by atoms with E-state index in [9.17, 15) is 9.59 Å². The molecule has 8 nitrogen and oxygen atoms in total. The van der Waals surface area contributed by atoms with Gasteiger partial charge in [0.15, 0.2) is 0 Å². The van der Waals surface area contributed by atoms with Crippen LogP contribution in [0.5, 0.6) is 11.5 Å². The summed E-state index contributed by atoms with van der Waals surface area (Å²) < 4.78 is 15.7. The average Bonchev–Trinajstić information content (AvgIpc) is 2.71. The van der Waals surface area contributed by atoms with Gasteiger partial charge in [-0.1, -0.05) is 13.8 Å². The first kappa shape index (κ1) is 22.0. The minimum atomic E-state index is -0.630. The fourth-order valence-electron chi connectivity index (χ4n) is 2.97. The summed E-state index contributed by atoms with van der Waals surface area (Å²) in [6.07, 6.45) is 0. The zero-order chi connectivity index (χ0) is 20.5. The maximum atomic E-state index is 12.7. The first-order chi connectivity index (χ1) is 13.4. The summed E-state index contributed by atoms with van der Waals surface area (Å²) in [5.74, 6) is 0.437. The van der Waals surface area contributed by atoms with E-state index in [4.69, 9.17) is 14.2 Å². The Labute approximate surface area is 166 Å². The van der Waals surface area contributed by atoms with Gasteiger partial charge in [0.2, 0.25) is 5.91 Å². The number of carbonyl (C=O) groups excluding carboxylic acids is 2. The van der Waals surface area contributed by atoms with Crippen LogP contribution in [0.1, 0.15) is 24.2 Å². The summed E-state index contributed by atoms with van der Waals surface area (Å²) >= 11 is 0. The number of nitrogens with one attached hydrogen (secondary N) is 2. The van der Waals surface area contributed by atoms with Crippen molar-refractivity contribution in [2.45, 2.75) is 19.9 Å². The van der Waals surface area contributed by atoms with Crippen LogP contribution in [0.25, 0.3) is 0 Å². The van der Waals surface area contributed by atoms with Crippen LogP contribution < -0.4 is 20.1 Å². The third kappa shape index (κ3) is 6.38. The Morgan fingerprint density at radius 1 is 1.11 bits per heavy atom. The van der Waals surface area contributed by atoms with E-state index in [0.717, 1.165) is 32.8 Å². The Morgan fingerprint density at radius 3 is 2.25 bits per heavy atom. The molecule has 0 saturated carbocycles. The molecule has 1 unspecified atom stereocenters. The molecule has 0 aromatic heterocycles. The van der Waals surface area contributed by atoms with Crippen molar-refractivity contribution in [3.05, 3.63) is 23.8 Å². The van der Waals surface area contributed by atoms with Crippen molar-refractivity contribution in [2.75, 3.05) is 53.6 Å². The third-order valence-corrected chi connectivity index (χ3v) is 4.68. The van der Waals surface area contributed by atoms with Crippen LogP contribution in [-0.4, -0.2) is 76.4 Å². The van der Waals surface area contributed by atoms with Crippen LogP contribution in [0.2, 0.25) is 0 Å². The number of morpholine rings is 1. The van der Waals surface area contributed by atoms with E-state index in [1.54, 1.807) is 18.2 Å². The molecule has 2 rings (SSSR count). The van der Waals surface area contributed by atoms with Crippen LogP contribution in [0.4, 0.5) is 0 Å². The molecule has 0 aliphatic carbocycles. The van der Waals surface area contributed by atoms with Gasteiger partial charge < -0.3 is 24.8 Å². The van der Waals surface area contributed by atoms with Crippen LogP contribution in [0.3, 0.4) is 0 Å². The Kier molecular flexibility index (Phi) is 8.53. The molecule has 156 valence electrons. The Hall–Kier alpha value is -2.32. The fourth-order valence-corrected chi connectivity index (χ4v) is 2.97. The van der Waals surface area contributed by atoms with E-state index in [0.29, 0.717) is 23.6 Å². The van der Waals surface area contributed by atoms with E-state index >= 15 is 0 Å². The van der Waals surface area contributed by atoms with Gasteiger partial charge in [0.05, 0.1) is 27.4 Å². The molecule has 1 aromatic rings. The average molecular weight is 393 g/mol. The van der Waals surface area contributed by atoms with Crippen LogP contribution in [-0.2, 0) is 9.53 Å². The highest BCUT2D eigenvalue weighted by Crippen LogP contribution is 2.22. The molecule has 1 aliphatic heterocycles. The molecule has 1 fully saturated rings. The maximum Gasteiger partial charge on any atom is 0.252 e. The highest BCUT2D eigenvalue weighted by atomic mass is 16.5. The number of amides is 2. The van der Waals surface area contributed by atoms with Crippen molar-refractivity contribution in [1.82, 2.24) is 15.5 Å². The molecule has 1 heterocycles. The molecule has 2 N–H and O–H groups in total. The van der Waals surface area contributed by atoms with Gasteiger partial charge in [-0.3, -0.25) is 14.5 Å². The van der Waals surface area contributed by atoms with E-state index in [1.807, 2.05) is 13.8 Å². The molecule has 1 aliphatic rings. The van der Waals surface area contributed by atoms with Crippen molar-refractivity contribution in [1.29, 1.82) is 0 Å². The molecule has 0 bridgehead atoms. The molecule has 1 atom stereocenters. The van der Waals surface area contributed by atoms with Gasteiger partial charge in [-0.25, -0.2) is 0 Å². The minimum Gasteiger partial charge on any atom is -0.497 e. The topological polar surface area (TPSA) is 89.1 Å². The number of hydrogen-bond donors (Lipinski definition) is 2. The van der Waals surface area contributed by atoms with Gasteiger partial charge in [0.25, 0.3) is 5.91 Å². The van der Waals surface area contributed by atoms with Gasteiger partial charge in [-0.15, -0.1) is 0 Å². The SMILES string of the molecule is COc1cc(OC)cc(C(=O)NC(C(=O)NCCN2CCOCC2)C(C)C)c1. The zero-order valence-corrected chi connectivity index (χ0v) is 17.1. The smallest absolute Gasteiger partial charge is 0.252 e. The summed E-state index contributed by atoms with van der Waals surface area (Å²) in [6.45, 7) is 8.30. The maximum absolute atomic E-state index is 12.7. The molecule has 0 radical (unpaired) electrons. The second-order valence-corrected chi connectivity index (χ2v) is 7.04. The second-order valence-electron chi connectivity index (χ2n) is 7.04. The molecular weight excluding hydrogens is 362 g/mol. The number of carbonyl (C=O) groups is 2. The van der Waals surface area contributed by atoms with Crippen molar-refractivity contribution in [3.63, 3.8) is 0 Å². The first-order valence-corrected chi connectivity index (χ1v) is 9.56. The first-order valence-electron chi connectivity index (χ1n) is 9.56. The molecule has 1 aromatic carbocycles. The standard InChI is InChI=1S/C20H31N3O5/c1-14(2)18(20(25)21-5-6-23-7-9-28-10-8-23)22-19(24)15-11-16(26-3)13-17(12-15)27-4/h11-14,18H,5-10H2,1-4H3,(H,21,25)(H,22,24). The van der Waals surface area contributed by atoms with Crippen molar-refractivity contribution in [3.8, 4) is 11.5 Å². The molecule has 0 spiro atoms. The van der Waals surface area contributed by atoms with E-state index in [2.05, 4.69) is 15.5 Å². The molecule has 28 heavy (non-hydrogen) atoms. The number of methoxy groups -OCH3 is 2. The largest absolute Gasteiger partial charge is 0.497 e. The normalized spacial score (nSPS) is 15.8. The highest BCUT2D eigenvalue weighted by molar-refractivity contribution is 5.98. The summed E-state index contributed by atoms with van der Waals surface area (Å²) in [6, 6.07) is 4.29. The Bertz CT molecular complexity index is 637. The molecule has 8 heteroatoms. The van der Waals surface area contributed by atoms with E-state index < -0.39 is 6.04 Å². The summed E-state index contributed by atoms with van der Waals surface area (Å²) in [7, 11) is 3.05. The summed E-state index contributed by atoms with van der Waals surface area (Å²) in [5.41, 5.74) is 0.378. The molecule has 1 saturated heterocycles. The predicted octanol–water partition coefficient (Wildman–Crippen LogP) is 0.907. The van der Waals surface area contributed by atoms with Gasteiger partial charge >= 0.3 is 0 Å². The quantitative estimate of drug-likeness (QED) is 0.648. The Morgan fingerprint density at radius 2 is 1.71 bits per heavy atom. The van der Waals surface area contributed by atoms with Gasteiger partial charge in [0.1, 0.15) is 17.5 Å². The lowest BCUT2D eigenvalue weighted by atomic mass is 10.0. The van der Waals surface area contributed by atoms with Gasteiger partial charge in [-0.05, 0) is 18.1 Å². The number of rotatable bonds is 9. The van der Waals surface area contributed by atoms with Crippen LogP contribution in [0.15, 0.2) is 18.2 Å². The van der Waals surface area contributed by atoms with Crippen LogP contribution in [0, 0.1) is 5.92 Å². The highest BCUT2D eigenvalue weighted by Gasteiger charge is 2.25. The van der Waals surface area contributed by atoms with Crippen molar-refractivity contribution in [2.24, 2.45) is 5.92 Å². The lowest BCUT2D eigenvalue weighted by molar-refractivity contribution is -0.124. The predicted molar refractivity (Wildman–Crippen MR) is 106 cm³/mol. The van der Waals surface area contributed by atoms with Gasteiger partial charge in [-0.2, -0.15) is 0 Å².